The lowest BCUT2D eigenvalue weighted by Crippen LogP contribution is -2.51. The summed E-state index contributed by atoms with van der Waals surface area (Å²) in [6, 6.07) is 3.51. The van der Waals surface area contributed by atoms with E-state index in [1.165, 1.54) is 26.0 Å². The number of nitrogens with one attached hydrogen (secondary N) is 2. The number of aryl methyl sites for hydroxylation is 1. The SMILES string of the molecule is CCn1cc(S(=O)(=O)N2C[C@H](CNC(=O)C(C)(C)O)Oc3ccc(NC(=O)OC(C)(C)C(F)(F)F)cc32)c(OCC(F)F)n1. The second kappa shape index (κ2) is 12.6. The molecule has 0 saturated carbocycles. The minimum atomic E-state index is -4.89. The van der Waals surface area contributed by atoms with Gasteiger partial charge in [0.1, 0.15) is 17.5 Å². The number of aromatic nitrogens is 2. The molecule has 0 spiro atoms. The van der Waals surface area contributed by atoms with Crippen LogP contribution in [0.1, 0.15) is 34.6 Å². The van der Waals surface area contributed by atoms with Crippen molar-refractivity contribution in [3.8, 4) is 11.6 Å². The van der Waals surface area contributed by atoms with Crippen molar-refractivity contribution in [1.82, 2.24) is 15.1 Å². The molecule has 0 bridgehead atoms. The Hall–Kier alpha value is -3.87. The van der Waals surface area contributed by atoms with Crippen LogP contribution in [0, 0.1) is 0 Å². The Morgan fingerprint density at radius 1 is 1.20 bits per heavy atom. The molecule has 1 aromatic carbocycles. The largest absolute Gasteiger partial charge is 0.484 e. The quantitative estimate of drug-likeness (QED) is 0.308. The zero-order valence-corrected chi connectivity index (χ0v) is 25.1. The van der Waals surface area contributed by atoms with Crippen LogP contribution in [0.25, 0.3) is 0 Å². The minimum absolute atomic E-state index is 0.0881. The molecular formula is C25H32F5N5O8S. The second-order valence-corrected chi connectivity index (χ2v) is 12.4. The van der Waals surface area contributed by atoms with Gasteiger partial charge in [0.2, 0.25) is 5.60 Å². The van der Waals surface area contributed by atoms with E-state index in [0.29, 0.717) is 13.8 Å². The van der Waals surface area contributed by atoms with Crippen LogP contribution in [0.15, 0.2) is 29.3 Å². The van der Waals surface area contributed by atoms with Crippen molar-refractivity contribution >= 4 is 33.4 Å². The normalized spacial score (nSPS) is 15.8. The lowest BCUT2D eigenvalue weighted by atomic mass is 10.1. The number of hydrogen-bond acceptors (Lipinski definition) is 9. The van der Waals surface area contributed by atoms with E-state index >= 15 is 0 Å². The van der Waals surface area contributed by atoms with Gasteiger partial charge >= 0.3 is 12.3 Å². The maximum absolute atomic E-state index is 14.0. The molecule has 2 heterocycles. The molecule has 3 N–H and O–H groups in total. The highest BCUT2D eigenvalue weighted by molar-refractivity contribution is 7.93. The first-order chi connectivity index (χ1) is 20.2. The molecule has 13 nitrogen and oxygen atoms in total. The van der Waals surface area contributed by atoms with Gasteiger partial charge in [0.15, 0.2) is 11.5 Å². The van der Waals surface area contributed by atoms with E-state index in [9.17, 15) is 45.1 Å². The molecule has 19 heteroatoms. The number of aliphatic hydroxyl groups is 1. The molecule has 1 aliphatic heterocycles. The Kier molecular flexibility index (Phi) is 9.93. The van der Waals surface area contributed by atoms with Gasteiger partial charge in [0.05, 0.1) is 18.8 Å². The van der Waals surface area contributed by atoms with Crippen molar-refractivity contribution in [2.75, 3.05) is 29.3 Å². The van der Waals surface area contributed by atoms with E-state index in [4.69, 9.17) is 9.47 Å². The zero-order chi connectivity index (χ0) is 33.3. The lowest BCUT2D eigenvalue weighted by molar-refractivity contribution is -0.242. The Bertz CT molecular complexity index is 1470. The maximum atomic E-state index is 14.0. The summed E-state index contributed by atoms with van der Waals surface area (Å²) in [4.78, 5) is 23.9. The minimum Gasteiger partial charge on any atom is -0.484 e. The number of anilines is 2. The average Bonchev–Trinajstić information content (AvgIpc) is 3.33. The summed E-state index contributed by atoms with van der Waals surface area (Å²) in [5.74, 6) is -1.48. The fraction of sp³-hybridized carbons (Fsp3) is 0.560. The van der Waals surface area contributed by atoms with Crippen LogP contribution in [0.3, 0.4) is 0 Å². The molecule has 0 aliphatic carbocycles. The van der Waals surface area contributed by atoms with E-state index < -0.39 is 75.9 Å². The summed E-state index contributed by atoms with van der Waals surface area (Å²) in [6.45, 7) is 3.59. The standard InChI is InChI=1S/C25H32F5N5O8S/c1-6-34-12-18(20(33-34)41-13-19(26)27)44(39,40)35-11-15(10-31-21(36)23(2,3)38)42-17-8-7-14(9-16(17)35)32-22(37)43-24(4,5)25(28,29)30/h7-9,12,15,19,38H,6,10-11,13H2,1-5H3,(H,31,36)(H,32,37)/t15-/m0/s1. The number of hydrogen-bond donors (Lipinski definition) is 3. The summed E-state index contributed by atoms with van der Waals surface area (Å²) in [5, 5.41) is 18.4. The zero-order valence-electron chi connectivity index (χ0n) is 24.2. The molecule has 3 rings (SSSR count). The second-order valence-electron chi connectivity index (χ2n) is 10.6. The van der Waals surface area contributed by atoms with Gasteiger partial charge < -0.3 is 24.6 Å². The molecule has 246 valence electrons. The Labute approximate surface area is 249 Å². The number of halogens is 5. The number of amides is 2. The van der Waals surface area contributed by atoms with E-state index in [0.717, 1.165) is 21.3 Å². The lowest BCUT2D eigenvalue weighted by Gasteiger charge is -2.36. The summed E-state index contributed by atoms with van der Waals surface area (Å²) < 4.78 is 111. The van der Waals surface area contributed by atoms with Crippen LogP contribution < -0.4 is 24.4 Å². The van der Waals surface area contributed by atoms with Crippen molar-refractivity contribution in [2.24, 2.45) is 0 Å². The number of rotatable bonds is 11. The first kappa shape index (κ1) is 34.6. The highest BCUT2D eigenvalue weighted by atomic mass is 32.2. The first-order valence-corrected chi connectivity index (χ1v) is 14.5. The number of carbonyl (C=O) groups is 2. The van der Waals surface area contributed by atoms with Gasteiger partial charge in [0.25, 0.3) is 28.2 Å². The smallest absolute Gasteiger partial charge is 0.427 e. The monoisotopic (exact) mass is 657 g/mol. The highest BCUT2D eigenvalue weighted by Crippen LogP contribution is 2.41. The van der Waals surface area contributed by atoms with E-state index in [1.807, 2.05) is 0 Å². The van der Waals surface area contributed by atoms with Crippen LogP contribution in [-0.4, -0.2) is 84.9 Å². The van der Waals surface area contributed by atoms with E-state index in [1.54, 1.807) is 6.92 Å². The topological polar surface area (TPSA) is 161 Å². The van der Waals surface area contributed by atoms with Gasteiger partial charge in [-0.05, 0) is 52.8 Å². The van der Waals surface area contributed by atoms with Crippen molar-refractivity contribution in [3.63, 3.8) is 0 Å². The van der Waals surface area contributed by atoms with Crippen molar-refractivity contribution in [1.29, 1.82) is 0 Å². The Balaban J connectivity index is 2.02. The number of nitrogens with zero attached hydrogens (tertiary/aromatic N) is 3. The van der Waals surface area contributed by atoms with Crippen LogP contribution in [0.5, 0.6) is 11.6 Å². The molecule has 0 fully saturated rings. The van der Waals surface area contributed by atoms with Gasteiger partial charge in [0, 0.05) is 18.4 Å². The summed E-state index contributed by atoms with van der Waals surface area (Å²) in [5.41, 5.74) is -4.99. The number of alkyl halides is 5. The third-order valence-electron chi connectivity index (χ3n) is 6.15. The van der Waals surface area contributed by atoms with Crippen molar-refractivity contribution < 1.29 is 59.3 Å². The number of ether oxygens (including phenoxy) is 3. The summed E-state index contributed by atoms with van der Waals surface area (Å²) in [7, 11) is -4.69. The van der Waals surface area contributed by atoms with Gasteiger partial charge in [-0.15, -0.1) is 5.10 Å². The average molecular weight is 658 g/mol. The number of benzene rings is 1. The van der Waals surface area contributed by atoms with E-state index in [-0.39, 0.29) is 30.2 Å². The van der Waals surface area contributed by atoms with Crippen LogP contribution in [0.4, 0.5) is 38.1 Å². The number of carbonyl (C=O) groups excluding carboxylic acids is 2. The molecule has 0 radical (unpaired) electrons. The van der Waals surface area contributed by atoms with Gasteiger partial charge in [-0.2, -0.15) is 13.2 Å². The molecule has 2 aromatic rings. The molecule has 1 aromatic heterocycles. The molecular weight excluding hydrogens is 625 g/mol. The Morgan fingerprint density at radius 3 is 2.43 bits per heavy atom. The molecule has 0 saturated heterocycles. The molecule has 0 unspecified atom stereocenters. The maximum Gasteiger partial charge on any atom is 0.427 e. The molecule has 2 amide bonds. The van der Waals surface area contributed by atoms with Crippen molar-refractivity contribution in [2.45, 2.75) is 76.0 Å². The van der Waals surface area contributed by atoms with Gasteiger partial charge in [-0.3, -0.25) is 19.1 Å². The summed E-state index contributed by atoms with van der Waals surface area (Å²) in [6.07, 6.45) is -9.30. The Morgan fingerprint density at radius 2 is 1.86 bits per heavy atom. The van der Waals surface area contributed by atoms with Crippen molar-refractivity contribution in [3.05, 3.63) is 24.4 Å². The fourth-order valence-corrected chi connectivity index (χ4v) is 5.24. The predicted octanol–water partition coefficient (Wildman–Crippen LogP) is 3.28. The highest BCUT2D eigenvalue weighted by Gasteiger charge is 2.51. The third-order valence-corrected chi connectivity index (χ3v) is 7.91. The molecule has 1 atom stereocenters. The van der Waals surface area contributed by atoms with Gasteiger partial charge in [-0.25, -0.2) is 22.0 Å². The van der Waals surface area contributed by atoms with Gasteiger partial charge in [-0.1, -0.05) is 0 Å². The van der Waals surface area contributed by atoms with E-state index in [2.05, 4.69) is 20.5 Å². The number of fused-ring (bicyclic) bond motifs is 1. The molecule has 44 heavy (non-hydrogen) atoms. The van der Waals surface area contributed by atoms with Crippen LogP contribution in [0.2, 0.25) is 0 Å². The van der Waals surface area contributed by atoms with Crippen LogP contribution >= 0.6 is 0 Å². The predicted molar refractivity (Wildman–Crippen MR) is 144 cm³/mol. The fourth-order valence-electron chi connectivity index (χ4n) is 3.66. The molecule has 1 aliphatic rings. The van der Waals surface area contributed by atoms with Crippen LogP contribution in [-0.2, 0) is 26.1 Å². The number of sulfonamides is 1. The summed E-state index contributed by atoms with van der Waals surface area (Å²) >= 11 is 0. The third kappa shape index (κ3) is 7.99. The first-order valence-electron chi connectivity index (χ1n) is 13.0.